The highest BCUT2D eigenvalue weighted by Gasteiger charge is 2.07. The van der Waals surface area contributed by atoms with Gasteiger partial charge in [0, 0.05) is 19.2 Å². The smallest absolute Gasteiger partial charge is 0.315 e. The number of carbonyl (C=O) groups is 1. The van der Waals surface area contributed by atoms with Crippen LogP contribution in [0.3, 0.4) is 0 Å². The number of methoxy groups -OCH3 is 1. The number of amides is 2. The van der Waals surface area contributed by atoms with Gasteiger partial charge in [-0.05, 0) is 43.9 Å². The van der Waals surface area contributed by atoms with Gasteiger partial charge in [0.05, 0.1) is 7.11 Å². The number of ether oxygens (including phenoxy) is 1. The van der Waals surface area contributed by atoms with Gasteiger partial charge in [-0.25, -0.2) is 4.79 Å². The largest absolute Gasteiger partial charge is 0.496 e. The summed E-state index contributed by atoms with van der Waals surface area (Å²) in [5.74, 6) is 0.843. The van der Waals surface area contributed by atoms with E-state index in [1.807, 2.05) is 32.0 Å². The second kappa shape index (κ2) is 8.43. The Bertz CT molecular complexity index is 435. The maximum atomic E-state index is 11.7. The zero-order valence-electron chi connectivity index (χ0n) is 12.4. The number of aliphatic hydroxyl groups is 1. The molecule has 0 spiro atoms. The fourth-order valence-corrected chi connectivity index (χ4v) is 1.98. The van der Waals surface area contributed by atoms with Gasteiger partial charge in [0.15, 0.2) is 0 Å². The third-order valence-corrected chi connectivity index (χ3v) is 3.09. The fraction of sp³-hybridized carbons (Fsp3) is 0.533. The Kier molecular flexibility index (Phi) is 6.87. The average molecular weight is 280 g/mol. The lowest BCUT2D eigenvalue weighted by molar-refractivity contribution is 0.234. The highest BCUT2D eigenvalue weighted by Crippen LogP contribution is 2.18. The molecule has 0 fully saturated rings. The summed E-state index contributed by atoms with van der Waals surface area (Å²) in [6.07, 6.45) is 1.46. The molecule has 0 aromatic heterocycles. The molecule has 0 heterocycles. The van der Waals surface area contributed by atoms with Crippen LogP contribution in [0.25, 0.3) is 0 Å². The van der Waals surface area contributed by atoms with Crippen LogP contribution < -0.4 is 15.4 Å². The Morgan fingerprint density at radius 2 is 2.20 bits per heavy atom. The fourth-order valence-electron chi connectivity index (χ4n) is 1.98. The highest BCUT2D eigenvalue weighted by atomic mass is 16.5. The summed E-state index contributed by atoms with van der Waals surface area (Å²) in [4.78, 5) is 11.7. The standard InChI is InChI=1S/C15H24N2O3/c1-11-9-13(6-7-14(11)20-3)10-16-15(19)17-12(2)5-4-8-18/h6-7,9,12,18H,4-5,8,10H2,1-3H3,(H2,16,17,19). The lowest BCUT2D eigenvalue weighted by Gasteiger charge is -2.14. The number of benzene rings is 1. The summed E-state index contributed by atoms with van der Waals surface area (Å²) in [6, 6.07) is 5.69. The predicted octanol–water partition coefficient (Wildman–Crippen LogP) is 1.96. The molecular weight excluding hydrogens is 256 g/mol. The number of rotatable bonds is 7. The van der Waals surface area contributed by atoms with Crippen molar-refractivity contribution in [1.82, 2.24) is 10.6 Å². The van der Waals surface area contributed by atoms with Crippen molar-refractivity contribution in [3.8, 4) is 5.75 Å². The molecule has 1 aromatic carbocycles. The molecule has 0 aliphatic carbocycles. The molecule has 1 atom stereocenters. The Morgan fingerprint density at radius 1 is 1.45 bits per heavy atom. The Balaban J connectivity index is 2.39. The van der Waals surface area contributed by atoms with Gasteiger partial charge >= 0.3 is 6.03 Å². The van der Waals surface area contributed by atoms with E-state index in [1.165, 1.54) is 0 Å². The summed E-state index contributed by atoms with van der Waals surface area (Å²) in [7, 11) is 1.64. The van der Waals surface area contributed by atoms with Gasteiger partial charge in [-0.3, -0.25) is 0 Å². The van der Waals surface area contributed by atoms with Gasteiger partial charge in [-0.1, -0.05) is 12.1 Å². The van der Waals surface area contributed by atoms with Crippen LogP contribution in [0.15, 0.2) is 18.2 Å². The van der Waals surface area contributed by atoms with Crippen LogP contribution in [-0.4, -0.2) is 30.9 Å². The van der Waals surface area contributed by atoms with Crippen molar-refractivity contribution in [2.24, 2.45) is 0 Å². The first kappa shape index (κ1) is 16.3. The van der Waals surface area contributed by atoms with Crippen molar-refractivity contribution in [2.45, 2.75) is 39.3 Å². The molecule has 1 rings (SSSR count). The molecule has 1 unspecified atom stereocenters. The molecule has 20 heavy (non-hydrogen) atoms. The first-order valence-electron chi connectivity index (χ1n) is 6.85. The molecule has 1 aromatic rings. The van der Waals surface area contributed by atoms with Crippen molar-refractivity contribution in [2.75, 3.05) is 13.7 Å². The van der Waals surface area contributed by atoms with Crippen LogP contribution in [0.5, 0.6) is 5.75 Å². The van der Waals surface area contributed by atoms with Crippen LogP contribution in [0.2, 0.25) is 0 Å². The molecule has 112 valence electrons. The van der Waals surface area contributed by atoms with Crippen molar-refractivity contribution in [3.63, 3.8) is 0 Å². The molecular formula is C15H24N2O3. The van der Waals surface area contributed by atoms with Gasteiger partial charge < -0.3 is 20.5 Å². The molecule has 0 saturated carbocycles. The summed E-state index contributed by atoms with van der Waals surface area (Å²) < 4.78 is 5.20. The van der Waals surface area contributed by atoms with Crippen molar-refractivity contribution in [1.29, 1.82) is 0 Å². The normalized spacial score (nSPS) is 11.8. The highest BCUT2D eigenvalue weighted by molar-refractivity contribution is 5.74. The van der Waals surface area contributed by atoms with Crippen molar-refractivity contribution < 1.29 is 14.6 Å². The van der Waals surface area contributed by atoms with E-state index in [0.29, 0.717) is 13.0 Å². The lowest BCUT2D eigenvalue weighted by Crippen LogP contribution is -2.40. The van der Waals surface area contributed by atoms with Crippen molar-refractivity contribution in [3.05, 3.63) is 29.3 Å². The summed E-state index contributed by atoms with van der Waals surface area (Å²) >= 11 is 0. The number of aryl methyl sites for hydroxylation is 1. The van der Waals surface area contributed by atoms with E-state index < -0.39 is 0 Å². The zero-order chi connectivity index (χ0) is 15.0. The minimum atomic E-state index is -0.191. The van der Waals surface area contributed by atoms with Crippen LogP contribution in [-0.2, 0) is 6.54 Å². The van der Waals surface area contributed by atoms with Crippen LogP contribution in [0.4, 0.5) is 4.79 Å². The minimum Gasteiger partial charge on any atom is -0.496 e. The maximum absolute atomic E-state index is 11.7. The Labute approximate surface area is 120 Å². The molecule has 0 aliphatic rings. The topological polar surface area (TPSA) is 70.6 Å². The van der Waals surface area contributed by atoms with Gasteiger partial charge in [0.25, 0.3) is 0 Å². The number of aliphatic hydroxyl groups excluding tert-OH is 1. The van der Waals surface area contributed by atoms with E-state index in [2.05, 4.69) is 10.6 Å². The van der Waals surface area contributed by atoms with E-state index in [9.17, 15) is 4.79 Å². The van der Waals surface area contributed by atoms with Crippen LogP contribution in [0, 0.1) is 6.92 Å². The van der Waals surface area contributed by atoms with E-state index in [0.717, 1.165) is 23.3 Å². The third kappa shape index (κ3) is 5.48. The first-order chi connectivity index (χ1) is 9.56. The van der Waals surface area contributed by atoms with Crippen LogP contribution in [0.1, 0.15) is 30.9 Å². The van der Waals surface area contributed by atoms with Gasteiger partial charge in [-0.15, -0.1) is 0 Å². The van der Waals surface area contributed by atoms with E-state index in [1.54, 1.807) is 7.11 Å². The monoisotopic (exact) mass is 280 g/mol. The number of hydrogen-bond acceptors (Lipinski definition) is 3. The summed E-state index contributed by atoms with van der Waals surface area (Å²) in [5, 5.41) is 14.4. The second-order valence-electron chi connectivity index (χ2n) is 4.90. The van der Waals surface area contributed by atoms with Crippen LogP contribution >= 0.6 is 0 Å². The maximum Gasteiger partial charge on any atom is 0.315 e. The molecule has 0 radical (unpaired) electrons. The lowest BCUT2D eigenvalue weighted by atomic mass is 10.1. The molecule has 2 amide bonds. The molecule has 3 N–H and O–H groups in total. The molecule has 5 heteroatoms. The number of carbonyl (C=O) groups excluding carboxylic acids is 1. The van der Waals surface area contributed by atoms with E-state index in [4.69, 9.17) is 9.84 Å². The SMILES string of the molecule is COc1ccc(CNC(=O)NC(C)CCCO)cc1C. The molecule has 0 saturated heterocycles. The number of hydrogen-bond donors (Lipinski definition) is 3. The van der Waals surface area contributed by atoms with E-state index >= 15 is 0 Å². The van der Waals surface area contributed by atoms with Crippen molar-refractivity contribution >= 4 is 6.03 Å². The van der Waals surface area contributed by atoms with Gasteiger partial charge in [0.1, 0.15) is 5.75 Å². The summed E-state index contributed by atoms with van der Waals surface area (Å²) in [5.41, 5.74) is 2.07. The second-order valence-corrected chi connectivity index (χ2v) is 4.90. The zero-order valence-corrected chi connectivity index (χ0v) is 12.4. The van der Waals surface area contributed by atoms with E-state index in [-0.39, 0.29) is 18.7 Å². The van der Waals surface area contributed by atoms with Gasteiger partial charge in [-0.2, -0.15) is 0 Å². The molecule has 0 bridgehead atoms. The first-order valence-corrected chi connectivity index (χ1v) is 6.85. The minimum absolute atomic E-state index is 0.0553. The third-order valence-electron chi connectivity index (χ3n) is 3.09. The Morgan fingerprint density at radius 3 is 2.80 bits per heavy atom. The van der Waals surface area contributed by atoms with Gasteiger partial charge in [0.2, 0.25) is 0 Å². The number of nitrogens with one attached hydrogen (secondary N) is 2. The predicted molar refractivity (Wildman–Crippen MR) is 78.9 cm³/mol. The quantitative estimate of drug-likeness (QED) is 0.715. The molecule has 0 aliphatic heterocycles. The molecule has 5 nitrogen and oxygen atoms in total. The average Bonchev–Trinajstić information content (AvgIpc) is 2.43. The Hall–Kier alpha value is -1.75. The number of urea groups is 1. The summed E-state index contributed by atoms with van der Waals surface area (Å²) in [6.45, 7) is 4.52.